The Hall–Kier alpha value is -1.42. The summed E-state index contributed by atoms with van der Waals surface area (Å²) in [6.45, 7) is 2.18. The number of nitrogens with two attached hydrogens (primary N) is 1. The lowest BCUT2D eigenvalue weighted by Crippen LogP contribution is -2.23. The summed E-state index contributed by atoms with van der Waals surface area (Å²) < 4.78 is 26.7. The molecule has 2 aromatic heterocycles. The molecule has 0 aliphatic carbocycles. The molecule has 2 aromatic rings. The smallest absolute Gasteiger partial charge is 0.242 e. The van der Waals surface area contributed by atoms with Crippen LogP contribution in [0.5, 0.6) is 0 Å². The van der Waals surface area contributed by atoms with Crippen LogP contribution in [0.25, 0.3) is 0 Å². The summed E-state index contributed by atoms with van der Waals surface area (Å²) in [7, 11) is -3.63. The molecule has 0 radical (unpaired) electrons. The highest BCUT2D eigenvalue weighted by atomic mass is 32.2. The first-order valence-electron chi connectivity index (χ1n) is 6.11. The van der Waals surface area contributed by atoms with Crippen molar-refractivity contribution >= 4 is 38.6 Å². The molecular formula is C12H14N4O2S3. The molecule has 3 N–H and O–H groups in total. The highest BCUT2D eigenvalue weighted by molar-refractivity contribution is 7.89. The van der Waals surface area contributed by atoms with E-state index in [1.165, 1.54) is 29.7 Å². The number of nitrogens with one attached hydrogen (secondary N) is 1. The fourth-order valence-electron chi connectivity index (χ4n) is 1.52. The summed E-state index contributed by atoms with van der Waals surface area (Å²) in [4.78, 5) is 9.39. The van der Waals surface area contributed by atoms with E-state index in [1.54, 1.807) is 6.20 Å². The Kier molecular flexibility index (Phi) is 4.99. The molecule has 2 heterocycles. The fourth-order valence-corrected chi connectivity index (χ4v) is 3.46. The molecular weight excluding hydrogens is 328 g/mol. The second kappa shape index (κ2) is 6.56. The van der Waals surface area contributed by atoms with Crippen molar-refractivity contribution in [1.82, 2.24) is 14.7 Å². The van der Waals surface area contributed by atoms with Gasteiger partial charge in [0.25, 0.3) is 0 Å². The van der Waals surface area contributed by atoms with Gasteiger partial charge in [-0.15, -0.1) is 11.3 Å². The number of nitrogens with zero attached hydrogens (tertiary/aromatic N) is 2. The lowest BCUT2D eigenvalue weighted by atomic mass is 10.3. The average Bonchev–Trinajstić information content (AvgIpc) is 2.93. The first-order chi connectivity index (χ1) is 9.92. The van der Waals surface area contributed by atoms with Crippen LogP contribution in [0.1, 0.15) is 22.5 Å². The molecule has 0 saturated heterocycles. The Labute approximate surface area is 132 Å². The predicted molar refractivity (Wildman–Crippen MR) is 85.6 cm³/mol. The number of hydrogen-bond acceptors (Lipinski definition) is 6. The van der Waals surface area contributed by atoms with Gasteiger partial charge in [0.1, 0.15) is 14.9 Å². The lowest BCUT2D eigenvalue weighted by molar-refractivity contribution is 0.580. The van der Waals surface area contributed by atoms with Crippen LogP contribution in [0.2, 0.25) is 0 Å². The van der Waals surface area contributed by atoms with E-state index in [1.807, 2.05) is 6.92 Å². The quantitative estimate of drug-likeness (QED) is 0.766. The fraction of sp³-hybridized carbons (Fsp3) is 0.250. The van der Waals surface area contributed by atoms with Crippen molar-refractivity contribution in [2.45, 2.75) is 24.8 Å². The number of thiocarbonyl (C=S) groups is 1. The highest BCUT2D eigenvalue weighted by Gasteiger charge is 2.15. The molecule has 0 fully saturated rings. The molecule has 6 nitrogen and oxygen atoms in total. The summed E-state index contributed by atoms with van der Waals surface area (Å²) >= 11 is 6.26. The zero-order valence-corrected chi connectivity index (χ0v) is 13.7. The molecule has 0 aromatic carbocycles. The van der Waals surface area contributed by atoms with Gasteiger partial charge in [0.2, 0.25) is 10.0 Å². The van der Waals surface area contributed by atoms with Crippen molar-refractivity contribution in [2.24, 2.45) is 5.73 Å². The Morgan fingerprint density at radius 3 is 2.67 bits per heavy atom. The topological polar surface area (TPSA) is 98.0 Å². The van der Waals surface area contributed by atoms with E-state index in [9.17, 15) is 8.42 Å². The third-order valence-corrected chi connectivity index (χ3v) is 5.40. The summed E-state index contributed by atoms with van der Waals surface area (Å²) in [6.07, 6.45) is 3.87. The van der Waals surface area contributed by atoms with Crippen LogP contribution in [-0.4, -0.2) is 23.4 Å². The largest absolute Gasteiger partial charge is 0.388 e. The zero-order valence-electron chi connectivity index (χ0n) is 11.2. The van der Waals surface area contributed by atoms with Gasteiger partial charge in [-0.2, -0.15) is 0 Å². The van der Waals surface area contributed by atoms with E-state index in [0.717, 1.165) is 16.3 Å². The zero-order chi connectivity index (χ0) is 15.5. The van der Waals surface area contributed by atoms with Gasteiger partial charge in [-0.1, -0.05) is 19.1 Å². The number of rotatable bonds is 6. The molecule has 2 rings (SSSR count). The molecule has 0 spiro atoms. The number of hydrogen-bond donors (Lipinski definition) is 2. The number of thiazole rings is 1. The molecule has 112 valence electrons. The van der Waals surface area contributed by atoms with E-state index in [4.69, 9.17) is 18.0 Å². The Morgan fingerprint density at radius 1 is 1.38 bits per heavy atom. The van der Waals surface area contributed by atoms with E-state index in [0.29, 0.717) is 5.69 Å². The van der Waals surface area contributed by atoms with Crippen molar-refractivity contribution in [1.29, 1.82) is 0 Å². The molecule has 9 heteroatoms. The highest BCUT2D eigenvalue weighted by Crippen LogP contribution is 2.14. The minimum absolute atomic E-state index is 0.0646. The third-order valence-electron chi connectivity index (χ3n) is 2.66. The van der Waals surface area contributed by atoms with E-state index in [2.05, 4.69) is 14.7 Å². The SMILES string of the molecule is CCc1cnc(CNS(=O)(=O)c2ccc(C(N)=S)nc2)s1. The molecule has 0 aliphatic rings. The van der Waals surface area contributed by atoms with E-state index >= 15 is 0 Å². The van der Waals surface area contributed by atoms with E-state index < -0.39 is 10.0 Å². The van der Waals surface area contributed by atoms with Gasteiger partial charge >= 0.3 is 0 Å². The van der Waals surface area contributed by atoms with Gasteiger partial charge in [-0.3, -0.25) is 4.98 Å². The van der Waals surface area contributed by atoms with Gasteiger partial charge in [-0.25, -0.2) is 18.1 Å². The van der Waals surface area contributed by atoms with Crippen LogP contribution in [-0.2, 0) is 23.0 Å². The standard InChI is InChI=1S/C12H14N4O2S3/c1-2-8-5-15-11(20-8)7-16-21(17,18)9-3-4-10(12(13)19)14-6-9/h3-6,16H,2,7H2,1H3,(H2,13,19). The number of sulfonamides is 1. The van der Waals surface area contributed by atoms with Crippen molar-refractivity contribution in [3.05, 3.63) is 40.1 Å². The molecule has 0 unspecified atom stereocenters. The Morgan fingerprint density at radius 2 is 2.14 bits per heavy atom. The molecule has 0 atom stereocenters. The van der Waals surface area contributed by atoms with Gasteiger partial charge in [-0.05, 0) is 18.6 Å². The number of aryl methyl sites for hydroxylation is 1. The lowest BCUT2D eigenvalue weighted by Gasteiger charge is -2.05. The second-order valence-corrected chi connectivity index (χ2v) is 7.55. The maximum atomic E-state index is 12.1. The molecule has 0 amide bonds. The van der Waals surface area contributed by atoms with Crippen molar-refractivity contribution < 1.29 is 8.42 Å². The van der Waals surface area contributed by atoms with Crippen LogP contribution >= 0.6 is 23.6 Å². The van der Waals surface area contributed by atoms with Crippen molar-refractivity contribution in [2.75, 3.05) is 0 Å². The van der Waals surface area contributed by atoms with Crippen molar-refractivity contribution in [3.63, 3.8) is 0 Å². The molecule has 0 bridgehead atoms. The minimum Gasteiger partial charge on any atom is -0.388 e. The third kappa shape index (κ3) is 4.03. The molecule has 0 saturated carbocycles. The van der Waals surface area contributed by atoms with Gasteiger partial charge in [0.15, 0.2) is 0 Å². The van der Waals surface area contributed by atoms with Crippen molar-refractivity contribution in [3.8, 4) is 0 Å². The van der Waals surface area contributed by atoms with E-state index in [-0.39, 0.29) is 16.4 Å². The summed E-state index contributed by atoms with van der Waals surface area (Å²) in [5, 5.41) is 0.725. The summed E-state index contributed by atoms with van der Waals surface area (Å²) in [5.74, 6) is 0. The monoisotopic (exact) mass is 342 g/mol. The van der Waals surface area contributed by atoms with Crippen LogP contribution in [0.4, 0.5) is 0 Å². The Balaban J connectivity index is 2.09. The molecule has 0 aliphatic heterocycles. The van der Waals surface area contributed by atoms with Crippen LogP contribution in [0, 0.1) is 0 Å². The normalized spacial score (nSPS) is 11.5. The molecule has 21 heavy (non-hydrogen) atoms. The summed E-state index contributed by atoms with van der Waals surface area (Å²) in [5.41, 5.74) is 5.81. The van der Waals surface area contributed by atoms with Gasteiger partial charge in [0, 0.05) is 17.3 Å². The first kappa shape index (κ1) is 16.0. The number of aromatic nitrogens is 2. The van der Waals surface area contributed by atoms with Crippen LogP contribution in [0.3, 0.4) is 0 Å². The maximum Gasteiger partial charge on any atom is 0.242 e. The van der Waals surface area contributed by atoms with Gasteiger partial charge in [0.05, 0.1) is 12.2 Å². The van der Waals surface area contributed by atoms with Crippen LogP contribution in [0.15, 0.2) is 29.4 Å². The number of pyridine rings is 1. The predicted octanol–water partition coefficient (Wildman–Crippen LogP) is 1.21. The first-order valence-corrected chi connectivity index (χ1v) is 8.82. The summed E-state index contributed by atoms with van der Waals surface area (Å²) in [6, 6.07) is 2.90. The Bertz CT molecular complexity index is 738. The average molecular weight is 342 g/mol. The maximum absolute atomic E-state index is 12.1. The second-order valence-electron chi connectivity index (χ2n) is 4.14. The van der Waals surface area contributed by atoms with Crippen LogP contribution < -0.4 is 10.5 Å². The van der Waals surface area contributed by atoms with Gasteiger partial charge < -0.3 is 5.73 Å². The minimum atomic E-state index is -3.63.